The molecule has 1 N–H and O–H groups in total. The molecule has 1 rings (SSSR count). The molecule has 0 aliphatic heterocycles. The Labute approximate surface area is 116 Å². The van der Waals surface area contributed by atoms with E-state index >= 15 is 0 Å². The minimum Gasteiger partial charge on any atom is -0.493 e. The third kappa shape index (κ3) is 5.61. The SMILES string of the molecule is COc1ccc(CCNCC(C)C)cc1OC.Cl. The Hall–Kier alpha value is -0.930. The van der Waals surface area contributed by atoms with Crippen LogP contribution in [0.3, 0.4) is 0 Å². The van der Waals surface area contributed by atoms with E-state index < -0.39 is 0 Å². The van der Waals surface area contributed by atoms with Gasteiger partial charge >= 0.3 is 0 Å². The molecule has 0 aliphatic carbocycles. The molecule has 0 aromatic heterocycles. The van der Waals surface area contributed by atoms with Crippen molar-refractivity contribution in [3.8, 4) is 11.5 Å². The van der Waals surface area contributed by atoms with E-state index in [1.807, 2.05) is 12.1 Å². The zero-order valence-corrected chi connectivity index (χ0v) is 12.5. The number of methoxy groups -OCH3 is 2. The van der Waals surface area contributed by atoms with Crippen molar-refractivity contribution in [1.29, 1.82) is 0 Å². The van der Waals surface area contributed by atoms with Crippen LogP contribution in [0.25, 0.3) is 0 Å². The molecule has 0 saturated carbocycles. The molecule has 3 nitrogen and oxygen atoms in total. The van der Waals surface area contributed by atoms with Crippen LogP contribution >= 0.6 is 12.4 Å². The molecule has 0 bridgehead atoms. The number of hydrogen-bond donors (Lipinski definition) is 1. The maximum Gasteiger partial charge on any atom is 0.160 e. The lowest BCUT2D eigenvalue weighted by Crippen LogP contribution is -2.22. The maximum absolute atomic E-state index is 5.28. The Balaban J connectivity index is 0.00000289. The molecule has 4 heteroatoms. The Bertz CT molecular complexity index is 343. The minimum absolute atomic E-state index is 0. The van der Waals surface area contributed by atoms with E-state index in [2.05, 4.69) is 25.2 Å². The summed E-state index contributed by atoms with van der Waals surface area (Å²) in [5.74, 6) is 2.28. The number of benzene rings is 1. The molecule has 0 fully saturated rings. The summed E-state index contributed by atoms with van der Waals surface area (Å²) < 4.78 is 10.5. The van der Waals surface area contributed by atoms with Crippen molar-refractivity contribution in [2.45, 2.75) is 20.3 Å². The van der Waals surface area contributed by atoms with Crippen LogP contribution in [-0.4, -0.2) is 27.3 Å². The smallest absolute Gasteiger partial charge is 0.160 e. The molecule has 1 aromatic rings. The van der Waals surface area contributed by atoms with Gasteiger partial charge in [0, 0.05) is 0 Å². The summed E-state index contributed by atoms with van der Waals surface area (Å²) in [6.07, 6.45) is 1.01. The fraction of sp³-hybridized carbons (Fsp3) is 0.571. The number of ether oxygens (including phenoxy) is 2. The monoisotopic (exact) mass is 273 g/mol. The van der Waals surface area contributed by atoms with Gasteiger partial charge in [-0.3, -0.25) is 0 Å². The summed E-state index contributed by atoms with van der Waals surface area (Å²) in [5.41, 5.74) is 1.26. The van der Waals surface area contributed by atoms with Gasteiger partial charge in [0.05, 0.1) is 14.2 Å². The van der Waals surface area contributed by atoms with Crippen molar-refractivity contribution >= 4 is 12.4 Å². The van der Waals surface area contributed by atoms with Crippen molar-refractivity contribution in [2.75, 3.05) is 27.3 Å². The Morgan fingerprint density at radius 3 is 2.33 bits per heavy atom. The third-order valence-electron chi connectivity index (χ3n) is 2.59. The summed E-state index contributed by atoms with van der Waals surface area (Å²) >= 11 is 0. The van der Waals surface area contributed by atoms with Crippen LogP contribution in [-0.2, 0) is 6.42 Å². The summed E-state index contributed by atoms with van der Waals surface area (Å²) in [6, 6.07) is 6.07. The van der Waals surface area contributed by atoms with Crippen LogP contribution in [0, 0.1) is 5.92 Å². The van der Waals surface area contributed by atoms with Crippen LogP contribution in [0.4, 0.5) is 0 Å². The number of hydrogen-bond acceptors (Lipinski definition) is 3. The predicted octanol–water partition coefficient (Wildman–Crippen LogP) is 2.91. The van der Waals surface area contributed by atoms with E-state index in [1.165, 1.54) is 5.56 Å². The van der Waals surface area contributed by atoms with Crippen LogP contribution in [0.15, 0.2) is 18.2 Å². The second kappa shape index (κ2) is 9.06. The fourth-order valence-corrected chi connectivity index (χ4v) is 1.66. The van der Waals surface area contributed by atoms with Crippen LogP contribution in [0.5, 0.6) is 11.5 Å². The van der Waals surface area contributed by atoms with Crippen molar-refractivity contribution in [1.82, 2.24) is 5.32 Å². The Kier molecular flexibility index (Phi) is 8.59. The number of nitrogens with one attached hydrogen (secondary N) is 1. The van der Waals surface area contributed by atoms with Gasteiger partial charge < -0.3 is 14.8 Å². The van der Waals surface area contributed by atoms with Crippen LogP contribution < -0.4 is 14.8 Å². The van der Waals surface area contributed by atoms with Gasteiger partial charge in [-0.2, -0.15) is 0 Å². The largest absolute Gasteiger partial charge is 0.493 e. The maximum atomic E-state index is 5.28. The normalized spacial score (nSPS) is 10.1. The van der Waals surface area contributed by atoms with E-state index in [0.29, 0.717) is 5.92 Å². The average Bonchev–Trinajstić information content (AvgIpc) is 2.34. The van der Waals surface area contributed by atoms with Crippen molar-refractivity contribution in [3.05, 3.63) is 23.8 Å². The van der Waals surface area contributed by atoms with Crippen molar-refractivity contribution < 1.29 is 9.47 Å². The third-order valence-corrected chi connectivity index (χ3v) is 2.59. The first kappa shape index (κ1) is 17.1. The average molecular weight is 274 g/mol. The van der Waals surface area contributed by atoms with E-state index in [4.69, 9.17) is 9.47 Å². The summed E-state index contributed by atoms with van der Waals surface area (Å²) in [7, 11) is 3.32. The molecule has 0 amide bonds. The molecule has 1 aromatic carbocycles. The van der Waals surface area contributed by atoms with E-state index in [0.717, 1.165) is 31.0 Å². The standard InChI is InChI=1S/C14H23NO2.ClH/c1-11(2)10-15-8-7-12-5-6-13(16-3)14(9-12)17-4;/h5-6,9,11,15H,7-8,10H2,1-4H3;1H. The first-order chi connectivity index (χ1) is 8.17. The lowest BCUT2D eigenvalue weighted by Gasteiger charge is -2.10. The Morgan fingerprint density at radius 2 is 1.78 bits per heavy atom. The highest BCUT2D eigenvalue weighted by molar-refractivity contribution is 5.85. The fourth-order valence-electron chi connectivity index (χ4n) is 1.66. The topological polar surface area (TPSA) is 30.5 Å². The molecule has 0 unspecified atom stereocenters. The molecular formula is C14H24ClNO2. The zero-order valence-electron chi connectivity index (χ0n) is 11.7. The highest BCUT2D eigenvalue weighted by atomic mass is 35.5. The zero-order chi connectivity index (χ0) is 12.7. The molecule has 0 atom stereocenters. The van der Waals surface area contributed by atoms with Gasteiger partial charge in [0.1, 0.15) is 0 Å². The first-order valence-electron chi connectivity index (χ1n) is 6.09. The second-order valence-electron chi connectivity index (χ2n) is 4.54. The van der Waals surface area contributed by atoms with Crippen molar-refractivity contribution in [2.24, 2.45) is 5.92 Å². The van der Waals surface area contributed by atoms with Gasteiger partial charge in [-0.1, -0.05) is 19.9 Å². The van der Waals surface area contributed by atoms with Gasteiger partial charge in [0.15, 0.2) is 11.5 Å². The quantitative estimate of drug-likeness (QED) is 0.775. The molecule has 0 aliphatic rings. The molecule has 104 valence electrons. The summed E-state index contributed by atoms with van der Waals surface area (Å²) in [5, 5.41) is 3.43. The molecular weight excluding hydrogens is 250 g/mol. The van der Waals surface area contributed by atoms with Gasteiger partial charge in [-0.25, -0.2) is 0 Å². The molecule has 0 radical (unpaired) electrons. The Morgan fingerprint density at radius 1 is 1.11 bits per heavy atom. The van der Waals surface area contributed by atoms with Gasteiger partial charge in [0.2, 0.25) is 0 Å². The molecule has 0 heterocycles. The highest BCUT2D eigenvalue weighted by Gasteiger charge is 2.04. The van der Waals surface area contributed by atoms with Gasteiger partial charge in [-0.15, -0.1) is 12.4 Å². The van der Waals surface area contributed by atoms with Crippen LogP contribution in [0.2, 0.25) is 0 Å². The molecule has 0 spiro atoms. The molecule has 0 saturated heterocycles. The second-order valence-corrected chi connectivity index (χ2v) is 4.54. The molecule has 18 heavy (non-hydrogen) atoms. The first-order valence-corrected chi connectivity index (χ1v) is 6.09. The summed E-state index contributed by atoms with van der Waals surface area (Å²) in [6.45, 7) is 6.48. The lowest BCUT2D eigenvalue weighted by molar-refractivity contribution is 0.354. The number of halogens is 1. The van der Waals surface area contributed by atoms with E-state index in [1.54, 1.807) is 14.2 Å². The predicted molar refractivity (Wildman–Crippen MR) is 78.2 cm³/mol. The summed E-state index contributed by atoms with van der Waals surface area (Å²) in [4.78, 5) is 0. The van der Waals surface area contributed by atoms with Gasteiger partial charge in [-0.05, 0) is 43.1 Å². The highest BCUT2D eigenvalue weighted by Crippen LogP contribution is 2.27. The van der Waals surface area contributed by atoms with E-state index in [9.17, 15) is 0 Å². The van der Waals surface area contributed by atoms with E-state index in [-0.39, 0.29) is 12.4 Å². The van der Waals surface area contributed by atoms with Crippen molar-refractivity contribution in [3.63, 3.8) is 0 Å². The lowest BCUT2D eigenvalue weighted by atomic mass is 10.1. The minimum atomic E-state index is 0. The number of rotatable bonds is 7. The van der Waals surface area contributed by atoms with Gasteiger partial charge in [0.25, 0.3) is 0 Å². The van der Waals surface area contributed by atoms with Crippen LogP contribution in [0.1, 0.15) is 19.4 Å².